The van der Waals surface area contributed by atoms with Crippen LogP contribution in [0.5, 0.6) is 0 Å². The van der Waals surface area contributed by atoms with Crippen molar-refractivity contribution in [3.05, 3.63) is 89.5 Å². The zero-order valence-electron chi connectivity index (χ0n) is 16.8. The number of para-hydroxylation sites is 2. The van der Waals surface area contributed by atoms with Crippen molar-refractivity contribution in [3.63, 3.8) is 0 Å². The molecule has 4 rings (SSSR count). The largest absolute Gasteiger partial charge is 0.363 e. The number of aromatic nitrogens is 2. The van der Waals surface area contributed by atoms with Gasteiger partial charge in [0.25, 0.3) is 10.0 Å². The smallest absolute Gasteiger partial charge is 0.263 e. The fourth-order valence-electron chi connectivity index (χ4n) is 3.26. The van der Waals surface area contributed by atoms with Gasteiger partial charge in [-0.3, -0.25) is 4.72 Å². The second kappa shape index (κ2) is 8.12. The van der Waals surface area contributed by atoms with E-state index in [1.807, 2.05) is 61.5 Å². The van der Waals surface area contributed by atoms with Crippen molar-refractivity contribution in [2.45, 2.75) is 25.3 Å². The zero-order chi connectivity index (χ0) is 21.1. The third-order valence-electron chi connectivity index (χ3n) is 4.72. The number of fused-ring (bicyclic) bond motifs is 1. The molecule has 0 spiro atoms. The number of aryl methyl sites for hydroxylation is 2. The Morgan fingerprint density at radius 1 is 0.800 bits per heavy atom. The van der Waals surface area contributed by atoms with Crippen LogP contribution in [0.3, 0.4) is 0 Å². The van der Waals surface area contributed by atoms with Gasteiger partial charge in [-0.25, -0.2) is 18.4 Å². The Kier molecular flexibility index (Phi) is 5.37. The monoisotopic (exact) mass is 418 g/mol. The molecule has 152 valence electrons. The Hall–Kier alpha value is -3.45. The van der Waals surface area contributed by atoms with Crippen LogP contribution in [0.25, 0.3) is 11.0 Å². The van der Waals surface area contributed by atoms with Gasteiger partial charge in [0.1, 0.15) is 0 Å². The molecule has 0 aliphatic rings. The molecule has 0 fully saturated rings. The normalized spacial score (nSPS) is 11.4. The van der Waals surface area contributed by atoms with Gasteiger partial charge >= 0.3 is 0 Å². The van der Waals surface area contributed by atoms with E-state index in [9.17, 15) is 8.42 Å². The molecule has 0 aliphatic carbocycles. The number of nitrogens with one attached hydrogen (secondary N) is 2. The third kappa shape index (κ3) is 4.26. The Morgan fingerprint density at radius 2 is 1.43 bits per heavy atom. The molecule has 2 N–H and O–H groups in total. The van der Waals surface area contributed by atoms with E-state index in [1.165, 1.54) is 0 Å². The predicted molar refractivity (Wildman–Crippen MR) is 120 cm³/mol. The van der Waals surface area contributed by atoms with E-state index in [1.54, 1.807) is 25.1 Å². The molecular formula is C23H22N4O2S. The Labute approximate surface area is 176 Å². The summed E-state index contributed by atoms with van der Waals surface area (Å²) in [5.74, 6) is 0.551. The molecule has 0 radical (unpaired) electrons. The molecule has 0 atom stereocenters. The van der Waals surface area contributed by atoms with Gasteiger partial charge < -0.3 is 5.32 Å². The lowest BCUT2D eigenvalue weighted by Gasteiger charge is -2.15. The van der Waals surface area contributed by atoms with Crippen LogP contribution in [0, 0.1) is 13.8 Å². The van der Waals surface area contributed by atoms with Crippen molar-refractivity contribution in [2.75, 3.05) is 10.0 Å². The highest BCUT2D eigenvalue weighted by Gasteiger charge is 2.20. The molecule has 1 aromatic heterocycles. The first-order valence-corrected chi connectivity index (χ1v) is 11.1. The highest BCUT2D eigenvalue weighted by molar-refractivity contribution is 7.92. The molecule has 0 unspecified atom stereocenters. The standard InChI is InChI=1S/C23H22N4O2S/c1-16-12-13-21(17(2)14-16)30(28,29)27-23-22(24-15-18-8-4-3-5-9-18)25-19-10-6-7-11-20(19)26-23/h3-14H,15H2,1-2H3,(H,24,25)(H,26,27). The van der Waals surface area contributed by atoms with Crippen molar-refractivity contribution < 1.29 is 8.42 Å². The average Bonchev–Trinajstić information content (AvgIpc) is 2.72. The molecule has 6 nitrogen and oxygen atoms in total. The number of nitrogens with zero attached hydrogens (tertiary/aromatic N) is 2. The molecule has 0 saturated carbocycles. The minimum Gasteiger partial charge on any atom is -0.363 e. The number of rotatable bonds is 6. The van der Waals surface area contributed by atoms with Gasteiger partial charge in [0.15, 0.2) is 11.6 Å². The number of benzene rings is 3. The van der Waals surface area contributed by atoms with Gasteiger partial charge in [0, 0.05) is 6.54 Å². The summed E-state index contributed by atoms with van der Waals surface area (Å²) < 4.78 is 28.8. The fraction of sp³-hybridized carbons (Fsp3) is 0.130. The maximum absolute atomic E-state index is 13.1. The van der Waals surface area contributed by atoms with Gasteiger partial charge in [-0.15, -0.1) is 0 Å². The maximum atomic E-state index is 13.1. The predicted octanol–water partition coefficient (Wildman–Crippen LogP) is 4.66. The van der Waals surface area contributed by atoms with Crippen molar-refractivity contribution in [3.8, 4) is 0 Å². The first-order chi connectivity index (χ1) is 14.4. The Bertz CT molecular complexity index is 1310. The molecule has 4 aromatic rings. The van der Waals surface area contributed by atoms with Crippen LogP contribution in [0.15, 0.2) is 77.7 Å². The lowest BCUT2D eigenvalue weighted by Crippen LogP contribution is -2.17. The SMILES string of the molecule is Cc1ccc(S(=O)(=O)Nc2nc3ccccc3nc2NCc2ccccc2)c(C)c1. The van der Waals surface area contributed by atoms with E-state index in [0.717, 1.165) is 11.1 Å². The minimum absolute atomic E-state index is 0.171. The molecule has 0 bridgehead atoms. The van der Waals surface area contributed by atoms with Gasteiger partial charge in [0.05, 0.1) is 15.9 Å². The Balaban J connectivity index is 1.72. The highest BCUT2D eigenvalue weighted by atomic mass is 32.2. The van der Waals surface area contributed by atoms with Gasteiger partial charge in [0.2, 0.25) is 0 Å². The Morgan fingerprint density at radius 3 is 2.10 bits per heavy atom. The zero-order valence-corrected chi connectivity index (χ0v) is 17.6. The molecule has 3 aromatic carbocycles. The summed E-state index contributed by atoms with van der Waals surface area (Å²) in [6, 6.07) is 22.4. The quantitative estimate of drug-likeness (QED) is 0.476. The van der Waals surface area contributed by atoms with Gasteiger partial charge in [-0.05, 0) is 43.2 Å². The van der Waals surface area contributed by atoms with E-state index in [4.69, 9.17) is 0 Å². The molecular weight excluding hydrogens is 396 g/mol. The van der Waals surface area contributed by atoms with Crippen molar-refractivity contribution in [2.24, 2.45) is 0 Å². The van der Waals surface area contributed by atoms with Crippen LogP contribution in [0.1, 0.15) is 16.7 Å². The summed E-state index contributed by atoms with van der Waals surface area (Å²) >= 11 is 0. The molecule has 7 heteroatoms. The van der Waals surface area contributed by atoms with Crippen LogP contribution < -0.4 is 10.0 Å². The summed E-state index contributed by atoms with van der Waals surface area (Å²) in [5.41, 5.74) is 4.02. The number of hydrogen-bond donors (Lipinski definition) is 2. The van der Waals surface area contributed by atoms with E-state index in [2.05, 4.69) is 20.0 Å². The summed E-state index contributed by atoms with van der Waals surface area (Å²) in [7, 11) is -3.83. The summed E-state index contributed by atoms with van der Waals surface area (Å²) in [6.45, 7) is 4.20. The molecule has 0 saturated heterocycles. The third-order valence-corrected chi connectivity index (χ3v) is 6.22. The summed E-state index contributed by atoms with van der Waals surface area (Å²) in [4.78, 5) is 9.35. The van der Waals surface area contributed by atoms with E-state index in [0.29, 0.717) is 29.0 Å². The van der Waals surface area contributed by atoms with Crippen LogP contribution in [-0.4, -0.2) is 18.4 Å². The first-order valence-electron chi connectivity index (χ1n) is 9.57. The topological polar surface area (TPSA) is 84.0 Å². The molecule has 0 amide bonds. The van der Waals surface area contributed by atoms with E-state index < -0.39 is 10.0 Å². The van der Waals surface area contributed by atoms with Crippen LogP contribution >= 0.6 is 0 Å². The van der Waals surface area contributed by atoms with Gasteiger partial charge in [-0.2, -0.15) is 0 Å². The number of hydrogen-bond acceptors (Lipinski definition) is 5. The molecule has 30 heavy (non-hydrogen) atoms. The van der Waals surface area contributed by atoms with Crippen LogP contribution in [0.2, 0.25) is 0 Å². The van der Waals surface area contributed by atoms with Crippen molar-refractivity contribution in [1.82, 2.24) is 9.97 Å². The summed E-state index contributed by atoms with van der Waals surface area (Å²) in [5, 5.41) is 3.22. The average molecular weight is 419 g/mol. The second-order valence-corrected chi connectivity index (χ2v) is 8.77. The van der Waals surface area contributed by atoms with E-state index >= 15 is 0 Å². The van der Waals surface area contributed by atoms with Crippen molar-refractivity contribution in [1.29, 1.82) is 0 Å². The maximum Gasteiger partial charge on any atom is 0.263 e. The van der Waals surface area contributed by atoms with Gasteiger partial charge in [-0.1, -0.05) is 60.2 Å². The van der Waals surface area contributed by atoms with Crippen LogP contribution in [0.4, 0.5) is 11.6 Å². The number of sulfonamides is 1. The number of anilines is 2. The second-order valence-electron chi connectivity index (χ2n) is 7.12. The summed E-state index contributed by atoms with van der Waals surface area (Å²) in [6.07, 6.45) is 0. The minimum atomic E-state index is -3.83. The highest BCUT2D eigenvalue weighted by Crippen LogP contribution is 2.26. The molecule has 1 heterocycles. The first kappa shape index (κ1) is 19.8. The molecule has 0 aliphatic heterocycles. The fourth-order valence-corrected chi connectivity index (χ4v) is 4.50. The van der Waals surface area contributed by atoms with Crippen LogP contribution in [-0.2, 0) is 16.6 Å². The van der Waals surface area contributed by atoms with E-state index in [-0.39, 0.29) is 10.7 Å². The van der Waals surface area contributed by atoms with Crippen molar-refractivity contribution >= 4 is 32.7 Å². The lowest BCUT2D eigenvalue weighted by molar-refractivity contribution is 0.600. The lowest BCUT2D eigenvalue weighted by atomic mass is 10.2.